The van der Waals surface area contributed by atoms with E-state index in [9.17, 15) is 19.5 Å². The van der Waals surface area contributed by atoms with Crippen LogP contribution in [0.3, 0.4) is 0 Å². The summed E-state index contributed by atoms with van der Waals surface area (Å²) in [6.45, 7) is 3.69. The number of aryl methyl sites for hydroxylation is 1. The fourth-order valence-corrected chi connectivity index (χ4v) is 4.59. The van der Waals surface area contributed by atoms with E-state index in [1.165, 1.54) is 17.6 Å². The maximum atomic E-state index is 12.7. The van der Waals surface area contributed by atoms with Gasteiger partial charge in [-0.25, -0.2) is 4.79 Å². The number of likely N-dealkylation sites (tertiary alicyclic amines) is 1. The highest BCUT2D eigenvalue weighted by Crippen LogP contribution is 2.35. The van der Waals surface area contributed by atoms with Gasteiger partial charge >= 0.3 is 5.97 Å². The summed E-state index contributed by atoms with van der Waals surface area (Å²) in [6, 6.07) is 6.12. The van der Waals surface area contributed by atoms with Crippen molar-refractivity contribution >= 4 is 23.5 Å². The van der Waals surface area contributed by atoms with E-state index >= 15 is 0 Å². The number of nitrogens with one attached hydrogen (secondary N) is 1. The maximum absolute atomic E-state index is 12.7. The Bertz CT molecular complexity index is 945. The van der Waals surface area contributed by atoms with E-state index in [4.69, 9.17) is 4.74 Å². The van der Waals surface area contributed by atoms with Crippen molar-refractivity contribution in [3.63, 3.8) is 0 Å². The Labute approximate surface area is 188 Å². The first kappa shape index (κ1) is 22.3. The lowest BCUT2D eigenvalue weighted by Gasteiger charge is -2.32. The van der Waals surface area contributed by atoms with Gasteiger partial charge in [-0.15, -0.1) is 0 Å². The third-order valence-electron chi connectivity index (χ3n) is 6.67. The summed E-state index contributed by atoms with van der Waals surface area (Å²) in [5.74, 6) is 0.128. The van der Waals surface area contributed by atoms with Crippen molar-refractivity contribution in [2.75, 3.05) is 45.2 Å². The zero-order valence-corrected chi connectivity index (χ0v) is 18.7. The molecule has 0 aromatic heterocycles. The van der Waals surface area contributed by atoms with Gasteiger partial charge in [0.05, 0.1) is 25.8 Å². The molecule has 8 heteroatoms. The van der Waals surface area contributed by atoms with Crippen LogP contribution in [0, 0.1) is 12.8 Å². The molecular weight excluding hydrogens is 410 g/mol. The zero-order valence-electron chi connectivity index (χ0n) is 18.7. The Hall–Kier alpha value is -2.87. The number of hydrogen-bond acceptors (Lipinski definition) is 6. The first-order valence-electron chi connectivity index (χ1n) is 11.3. The van der Waals surface area contributed by atoms with Crippen molar-refractivity contribution in [3.05, 3.63) is 40.6 Å². The number of β-amino-alcohol motifs (C(OH)–C–C–N with tert-alkyl or cyclic N) is 1. The molecule has 2 amide bonds. The molecule has 2 N–H and O–H groups in total. The topological polar surface area (TPSA) is 99.2 Å². The van der Waals surface area contributed by atoms with Crippen LogP contribution >= 0.6 is 0 Å². The number of methoxy groups -OCH3 is 1. The highest BCUT2D eigenvalue weighted by atomic mass is 16.5. The molecule has 0 atom stereocenters. The minimum atomic E-state index is -0.553. The molecule has 0 unspecified atom stereocenters. The first-order chi connectivity index (χ1) is 15.4. The molecule has 1 saturated carbocycles. The zero-order chi connectivity index (χ0) is 22.8. The summed E-state index contributed by atoms with van der Waals surface area (Å²) in [5, 5.41) is 12.3. The smallest absolute Gasteiger partial charge is 0.337 e. The standard InChI is InChI=1S/C24H31N3O5/c1-15-13-18(16-7-9-26(10-8-16)22(29)17-3-4-17)5-6-20(15)25-21-19(24(31)32-2)14-27(11-12-28)23(21)30/h5-6,13,16-17,25,28H,3-4,7-12,14H2,1-2H3. The Morgan fingerprint density at radius 1 is 1.19 bits per heavy atom. The number of aliphatic hydroxyl groups excluding tert-OH is 1. The van der Waals surface area contributed by atoms with Crippen LogP contribution in [0.25, 0.3) is 0 Å². The summed E-state index contributed by atoms with van der Waals surface area (Å²) >= 11 is 0. The molecule has 172 valence electrons. The molecule has 2 fully saturated rings. The summed E-state index contributed by atoms with van der Waals surface area (Å²) < 4.78 is 4.84. The molecule has 2 aliphatic heterocycles. The van der Waals surface area contributed by atoms with Crippen molar-refractivity contribution in [1.29, 1.82) is 0 Å². The van der Waals surface area contributed by atoms with Crippen molar-refractivity contribution in [2.24, 2.45) is 5.92 Å². The number of carbonyl (C=O) groups is 3. The lowest BCUT2D eigenvalue weighted by atomic mass is 9.88. The molecule has 1 aromatic carbocycles. The van der Waals surface area contributed by atoms with Crippen LogP contribution in [0.15, 0.2) is 29.5 Å². The predicted molar refractivity (Wildman–Crippen MR) is 119 cm³/mol. The van der Waals surface area contributed by atoms with Crippen molar-refractivity contribution < 1.29 is 24.2 Å². The molecule has 0 radical (unpaired) electrons. The number of amides is 2. The normalized spacial score (nSPS) is 19.5. The number of ether oxygens (including phenoxy) is 1. The third kappa shape index (κ3) is 4.50. The second-order valence-corrected chi connectivity index (χ2v) is 8.87. The van der Waals surface area contributed by atoms with Gasteiger partial charge in [0.15, 0.2) is 0 Å². The second-order valence-electron chi connectivity index (χ2n) is 8.87. The van der Waals surface area contributed by atoms with E-state index < -0.39 is 5.97 Å². The number of hydrogen-bond donors (Lipinski definition) is 2. The summed E-state index contributed by atoms with van der Waals surface area (Å²) in [6.07, 6.45) is 4.00. The average Bonchev–Trinajstić information content (AvgIpc) is 3.61. The van der Waals surface area contributed by atoms with Crippen LogP contribution < -0.4 is 5.32 Å². The van der Waals surface area contributed by atoms with Gasteiger partial charge in [0.1, 0.15) is 5.70 Å². The average molecular weight is 442 g/mol. The van der Waals surface area contributed by atoms with E-state index in [1.807, 2.05) is 17.9 Å². The minimum absolute atomic E-state index is 0.115. The van der Waals surface area contributed by atoms with Crippen molar-refractivity contribution in [2.45, 2.75) is 38.5 Å². The highest BCUT2D eigenvalue weighted by Gasteiger charge is 2.36. The predicted octanol–water partition coefficient (Wildman–Crippen LogP) is 1.78. The van der Waals surface area contributed by atoms with Gasteiger partial charge in [-0.05, 0) is 55.7 Å². The molecule has 1 saturated heterocycles. The Balaban J connectivity index is 1.45. The highest BCUT2D eigenvalue weighted by molar-refractivity contribution is 6.08. The van der Waals surface area contributed by atoms with Gasteiger partial charge in [-0.2, -0.15) is 0 Å². The summed E-state index contributed by atoms with van der Waals surface area (Å²) in [4.78, 5) is 40.7. The molecule has 0 bridgehead atoms. The quantitative estimate of drug-likeness (QED) is 0.626. The fraction of sp³-hybridized carbons (Fsp3) is 0.542. The molecule has 1 aliphatic carbocycles. The Kier molecular flexibility index (Phi) is 6.50. The van der Waals surface area contributed by atoms with Crippen molar-refractivity contribution in [3.8, 4) is 0 Å². The van der Waals surface area contributed by atoms with Crippen LogP contribution in [0.2, 0.25) is 0 Å². The van der Waals surface area contributed by atoms with E-state index in [-0.39, 0.29) is 42.8 Å². The second kappa shape index (κ2) is 9.32. The van der Waals surface area contributed by atoms with E-state index in [1.54, 1.807) is 0 Å². The van der Waals surface area contributed by atoms with E-state index in [2.05, 4.69) is 17.4 Å². The van der Waals surface area contributed by atoms with Gasteiger partial charge in [-0.1, -0.05) is 12.1 Å². The number of anilines is 1. The van der Waals surface area contributed by atoms with Crippen LogP contribution in [0.1, 0.15) is 42.7 Å². The van der Waals surface area contributed by atoms with Crippen LogP contribution in [-0.4, -0.2) is 72.6 Å². The number of aliphatic hydroxyl groups is 1. The molecule has 1 aromatic rings. The molecule has 4 rings (SSSR count). The number of piperidine rings is 1. The molecule has 8 nitrogen and oxygen atoms in total. The first-order valence-corrected chi connectivity index (χ1v) is 11.3. The Morgan fingerprint density at radius 3 is 2.50 bits per heavy atom. The van der Waals surface area contributed by atoms with Crippen molar-refractivity contribution in [1.82, 2.24) is 9.80 Å². The molecule has 2 heterocycles. The molecule has 3 aliphatic rings. The van der Waals surface area contributed by atoms with Gasteiger partial charge in [0.25, 0.3) is 5.91 Å². The minimum Gasteiger partial charge on any atom is -0.466 e. The molecule has 32 heavy (non-hydrogen) atoms. The third-order valence-corrected chi connectivity index (χ3v) is 6.67. The monoisotopic (exact) mass is 441 g/mol. The van der Waals surface area contributed by atoms with Gasteiger partial charge < -0.3 is 25.0 Å². The Morgan fingerprint density at radius 2 is 1.91 bits per heavy atom. The largest absolute Gasteiger partial charge is 0.466 e. The lowest BCUT2D eigenvalue weighted by molar-refractivity contribution is -0.136. The summed E-state index contributed by atoms with van der Waals surface area (Å²) in [5.41, 5.74) is 3.43. The van der Waals surface area contributed by atoms with Gasteiger partial charge in [0.2, 0.25) is 5.91 Å². The molecule has 0 spiro atoms. The number of esters is 1. The fourth-order valence-electron chi connectivity index (χ4n) is 4.59. The molecular formula is C24H31N3O5. The van der Waals surface area contributed by atoms with Gasteiger partial charge in [-0.3, -0.25) is 9.59 Å². The van der Waals surface area contributed by atoms with E-state index in [0.29, 0.717) is 11.8 Å². The maximum Gasteiger partial charge on any atom is 0.337 e. The summed E-state index contributed by atoms with van der Waals surface area (Å²) in [7, 11) is 1.29. The number of nitrogens with zero attached hydrogens (tertiary/aromatic N) is 2. The number of carbonyl (C=O) groups excluding carboxylic acids is 3. The van der Waals surface area contributed by atoms with Crippen LogP contribution in [0.5, 0.6) is 0 Å². The van der Waals surface area contributed by atoms with Crippen LogP contribution in [-0.2, 0) is 19.1 Å². The SMILES string of the molecule is COC(=O)C1=C(Nc2ccc(C3CCN(C(=O)C4CC4)CC3)cc2C)C(=O)N(CCO)C1. The van der Waals surface area contributed by atoms with Gasteiger partial charge in [0, 0.05) is 31.2 Å². The number of rotatable bonds is 7. The lowest BCUT2D eigenvalue weighted by Crippen LogP contribution is -2.38. The number of benzene rings is 1. The van der Waals surface area contributed by atoms with Crippen LogP contribution in [0.4, 0.5) is 5.69 Å². The van der Waals surface area contributed by atoms with E-state index in [0.717, 1.165) is 50.0 Å².